The first-order valence-electron chi connectivity index (χ1n) is 8.39. The highest BCUT2D eigenvalue weighted by atomic mass is 32.1. The van der Waals surface area contributed by atoms with Crippen molar-refractivity contribution in [3.8, 4) is 10.4 Å². The van der Waals surface area contributed by atoms with Gasteiger partial charge in [-0.25, -0.2) is 4.98 Å². The van der Waals surface area contributed by atoms with Gasteiger partial charge in [-0.15, -0.1) is 22.7 Å². The fourth-order valence-electron chi connectivity index (χ4n) is 2.89. The number of anilines is 1. The Balaban J connectivity index is 1.70. The highest BCUT2D eigenvalue weighted by Gasteiger charge is 2.17. The molecule has 0 aliphatic rings. The Morgan fingerprint density at radius 2 is 1.96 bits per heavy atom. The second-order valence-electron chi connectivity index (χ2n) is 6.21. The molecule has 0 fully saturated rings. The number of carbonyl (C=O) groups excluding carboxylic acids is 1. The summed E-state index contributed by atoms with van der Waals surface area (Å²) in [6, 6.07) is 13.4. The highest BCUT2D eigenvalue weighted by molar-refractivity contribution is 7.19. The van der Waals surface area contributed by atoms with Crippen LogP contribution in [-0.4, -0.2) is 22.5 Å². The molecule has 0 bridgehead atoms. The molecule has 4 aromatic rings. The van der Waals surface area contributed by atoms with Gasteiger partial charge in [0.2, 0.25) is 5.91 Å². The number of fused-ring (bicyclic) bond motifs is 1. The first-order valence-corrected chi connectivity index (χ1v) is 10.1. The molecule has 7 heteroatoms. The third-order valence-corrected chi connectivity index (χ3v) is 6.31. The molecule has 0 N–H and O–H groups in total. The number of aromatic nitrogens is 2. The zero-order chi connectivity index (χ0) is 19.0. The molecular weight excluding hydrogens is 378 g/mol. The topological polar surface area (TPSA) is 55.2 Å². The molecular formula is C20H17N3O2S2. The number of hydrogen-bond donors (Lipinski definition) is 0. The number of hydrogen-bond acceptors (Lipinski definition) is 5. The quantitative estimate of drug-likeness (QED) is 0.521. The maximum Gasteiger partial charge on any atom is 0.263 e. The van der Waals surface area contributed by atoms with Gasteiger partial charge in [-0.05, 0) is 31.2 Å². The Hall–Kier alpha value is -2.77. The van der Waals surface area contributed by atoms with Gasteiger partial charge in [-0.3, -0.25) is 14.2 Å². The van der Waals surface area contributed by atoms with Gasteiger partial charge in [-0.2, -0.15) is 0 Å². The smallest absolute Gasteiger partial charge is 0.263 e. The first kappa shape index (κ1) is 17.6. The van der Waals surface area contributed by atoms with Crippen molar-refractivity contribution in [2.45, 2.75) is 13.5 Å². The number of rotatable bonds is 4. The lowest BCUT2D eigenvalue weighted by Gasteiger charge is -2.17. The number of aryl methyl sites for hydroxylation is 1. The van der Waals surface area contributed by atoms with Gasteiger partial charge in [0, 0.05) is 33.4 Å². The fourth-order valence-corrected chi connectivity index (χ4v) is 4.75. The van der Waals surface area contributed by atoms with Crippen LogP contribution in [-0.2, 0) is 11.3 Å². The molecule has 0 saturated heterocycles. The lowest BCUT2D eigenvalue weighted by atomic mass is 10.2. The van der Waals surface area contributed by atoms with E-state index in [2.05, 4.69) is 4.98 Å². The molecule has 5 nitrogen and oxygen atoms in total. The number of thiophene rings is 2. The molecule has 3 aromatic heterocycles. The minimum Gasteiger partial charge on any atom is -0.314 e. The summed E-state index contributed by atoms with van der Waals surface area (Å²) in [4.78, 5) is 34.6. The van der Waals surface area contributed by atoms with Crippen molar-refractivity contribution in [3.05, 3.63) is 69.4 Å². The second-order valence-corrected chi connectivity index (χ2v) is 8.35. The van der Waals surface area contributed by atoms with E-state index in [1.54, 1.807) is 23.3 Å². The fraction of sp³-hybridized carbons (Fsp3) is 0.150. The molecule has 0 radical (unpaired) electrons. The summed E-state index contributed by atoms with van der Waals surface area (Å²) in [5, 5.41) is 2.55. The number of benzene rings is 1. The molecule has 27 heavy (non-hydrogen) atoms. The van der Waals surface area contributed by atoms with Crippen LogP contribution in [0.15, 0.2) is 59.0 Å². The Bertz CT molecular complexity index is 1170. The van der Waals surface area contributed by atoms with Crippen molar-refractivity contribution in [2.24, 2.45) is 0 Å². The maximum absolute atomic E-state index is 13.0. The number of carbonyl (C=O) groups is 1. The van der Waals surface area contributed by atoms with Crippen molar-refractivity contribution in [2.75, 3.05) is 11.9 Å². The standard InChI is InChI=1S/C20H17N3O2S2/c1-13-8-9-16(27-13)15-11-26-19-18(15)20(25)23(12-21-19)10-17(24)22(2)14-6-4-3-5-7-14/h3-9,11-12H,10H2,1-2H3. The van der Waals surface area contributed by atoms with Crippen LogP contribution in [0.3, 0.4) is 0 Å². The Morgan fingerprint density at radius 3 is 2.67 bits per heavy atom. The molecule has 0 aliphatic carbocycles. The summed E-state index contributed by atoms with van der Waals surface area (Å²) in [7, 11) is 1.71. The molecule has 0 saturated carbocycles. The van der Waals surface area contributed by atoms with Gasteiger partial charge in [-0.1, -0.05) is 18.2 Å². The first-order chi connectivity index (χ1) is 13.0. The molecule has 4 rings (SSSR count). The highest BCUT2D eigenvalue weighted by Crippen LogP contribution is 2.34. The van der Waals surface area contributed by atoms with E-state index >= 15 is 0 Å². The molecule has 0 aliphatic heterocycles. The molecule has 0 spiro atoms. The van der Waals surface area contributed by atoms with Gasteiger partial charge < -0.3 is 4.90 Å². The van der Waals surface area contributed by atoms with E-state index in [1.165, 1.54) is 27.1 Å². The zero-order valence-corrected chi connectivity index (χ0v) is 16.5. The average Bonchev–Trinajstić information content (AvgIpc) is 3.30. The molecule has 1 aromatic carbocycles. The lowest BCUT2D eigenvalue weighted by molar-refractivity contribution is -0.118. The van der Waals surface area contributed by atoms with E-state index in [0.29, 0.717) is 10.2 Å². The minimum absolute atomic E-state index is 0.0497. The van der Waals surface area contributed by atoms with Gasteiger partial charge in [0.1, 0.15) is 11.4 Å². The Morgan fingerprint density at radius 1 is 1.19 bits per heavy atom. The van der Waals surface area contributed by atoms with Crippen molar-refractivity contribution >= 4 is 44.5 Å². The second kappa shape index (κ2) is 7.09. The van der Waals surface area contributed by atoms with Crippen molar-refractivity contribution in [3.63, 3.8) is 0 Å². The minimum atomic E-state index is -0.183. The number of likely N-dealkylation sites (N-methyl/N-ethyl adjacent to an activating group) is 1. The monoisotopic (exact) mass is 395 g/mol. The normalized spacial score (nSPS) is 11.0. The van der Waals surface area contributed by atoms with E-state index in [0.717, 1.165) is 16.1 Å². The van der Waals surface area contributed by atoms with Crippen LogP contribution in [0.5, 0.6) is 0 Å². The third kappa shape index (κ3) is 3.31. The third-order valence-electron chi connectivity index (χ3n) is 4.39. The zero-order valence-electron chi connectivity index (χ0n) is 14.9. The van der Waals surface area contributed by atoms with Crippen LogP contribution in [0.1, 0.15) is 4.88 Å². The van der Waals surface area contributed by atoms with Crippen LogP contribution in [0.4, 0.5) is 5.69 Å². The van der Waals surface area contributed by atoms with E-state index in [9.17, 15) is 9.59 Å². The molecule has 0 unspecified atom stereocenters. The summed E-state index contributed by atoms with van der Waals surface area (Å²) in [5.74, 6) is -0.173. The van der Waals surface area contributed by atoms with E-state index in [1.807, 2.05) is 54.8 Å². The lowest BCUT2D eigenvalue weighted by Crippen LogP contribution is -2.34. The summed E-state index contributed by atoms with van der Waals surface area (Å²) in [6.07, 6.45) is 1.46. The Labute approximate surface area is 164 Å². The Kier molecular flexibility index (Phi) is 4.63. The van der Waals surface area contributed by atoms with E-state index < -0.39 is 0 Å². The number of para-hydroxylation sites is 1. The largest absolute Gasteiger partial charge is 0.314 e. The van der Waals surface area contributed by atoms with Crippen LogP contribution < -0.4 is 10.5 Å². The summed E-state index contributed by atoms with van der Waals surface area (Å²) >= 11 is 3.10. The van der Waals surface area contributed by atoms with Crippen LogP contribution in [0.2, 0.25) is 0 Å². The average molecular weight is 396 g/mol. The van der Waals surface area contributed by atoms with Crippen molar-refractivity contribution in [1.29, 1.82) is 0 Å². The maximum atomic E-state index is 13.0. The van der Waals surface area contributed by atoms with Crippen LogP contribution >= 0.6 is 22.7 Å². The van der Waals surface area contributed by atoms with Gasteiger partial charge in [0.15, 0.2) is 0 Å². The predicted octanol–water partition coefficient (Wildman–Crippen LogP) is 4.16. The van der Waals surface area contributed by atoms with Gasteiger partial charge in [0.25, 0.3) is 5.56 Å². The number of nitrogens with zero attached hydrogens (tertiary/aromatic N) is 3. The summed E-state index contributed by atoms with van der Waals surface area (Å²) < 4.78 is 1.39. The molecule has 1 amide bonds. The molecule has 136 valence electrons. The summed E-state index contributed by atoms with van der Waals surface area (Å²) in [5.41, 5.74) is 1.50. The number of amides is 1. The predicted molar refractivity (Wildman–Crippen MR) is 112 cm³/mol. The SMILES string of the molecule is Cc1ccc(-c2csc3ncn(CC(=O)N(C)c4ccccc4)c(=O)c23)s1. The van der Waals surface area contributed by atoms with Gasteiger partial charge >= 0.3 is 0 Å². The van der Waals surface area contributed by atoms with E-state index in [-0.39, 0.29) is 18.0 Å². The van der Waals surface area contributed by atoms with E-state index in [4.69, 9.17) is 0 Å². The molecule has 0 atom stereocenters. The van der Waals surface area contributed by atoms with Crippen LogP contribution in [0, 0.1) is 6.92 Å². The summed E-state index contributed by atoms with van der Waals surface area (Å²) in [6.45, 7) is 1.99. The molecule has 3 heterocycles. The van der Waals surface area contributed by atoms with Crippen molar-refractivity contribution in [1.82, 2.24) is 9.55 Å². The van der Waals surface area contributed by atoms with Crippen molar-refractivity contribution < 1.29 is 4.79 Å². The van der Waals surface area contributed by atoms with Gasteiger partial charge in [0.05, 0.1) is 11.7 Å². The van der Waals surface area contributed by atoms with Crippen LogP contribution in [0.25, 0.3) is 20.7 Å².